The zero-order valence-corrected chi connectivity index (χ0v) is 11.7. The number of nitrogens with zero attached hydrogens (tertiary/aromatic N) is 2. The molecule has 0 aromatic carbocycles. The van der Waals surface area contributed by atoms with Gasteiger partial charge in [-0.05, 0) is 20.8 Å². The summed E-state index contributed by atoms with van der Waals surface area (Å²) in [5.41, 5.74) is 5.86. The molecule has 0 spiro atoms. The second-order valence-electron chi connectivity index (χ2n) is 4.86. The van der Waals surface area contributed by atoms with Gasteiger partial charge in [-0.2, -0.15) is 11.8 Å². The largest absolute Gasteiger partial charge is 0.346 e. The summed E-state index contributed by atoms with van der Waals surface area (Å²) in [6.45, 7) is 8.77. The average Bonchev–Trinajstić information content (AvgIpc) is 2.64. The monoisotopic (exact) mass is 257 g/mol. The number of rotatable bonds is 2. The van der Waals surface area contributed by atoms with Crippen LogP contribution in [0.15, 0.2) is 6.20 Å². The van der Waals surface area contributed by atoms with E-state index in [9.17, 15) is 0 Å². The standard InChI is InChI=1S/C11H19N3S2/c1-8(12)9-6-13-10(16-9)14-4-5-15-11(2,3)7-14/h6,8H,4-5,7,12H2,1-3H3. The van der Waals surface area contributed by atoms with Crippen molar-refractivity contribution in [2.45, 2.75) is 31.6 Å². The van der Waals surface area contributed by atoms with Gasteiger partial charge in [-0.25, -0.2) is 4.98 Å². The van der Waals surface area contributed by atoms with Gasteiger partial charge in [-0.15, -0.1) is 11.3 Å². The zero-order chi connectivity index (χ0) is 11.8. The molecule has 90 valence electrons. The molecule has 2 N–H and O–H groups in total. The van der Waals surface area contributed by atoms with E-state index in [4.69, 9.17) is 5.73 Å². The van der Waals surface area contributed by atoms with Crippen LogP contribution in [0.3, 0.4) is 0 Å². The number of anilines is 1. The van der Waals surface area contributed by atoms with Crippen molar-refractivity contribution >= 4 is 28.2 Å². The fourth-order valence-corrected chi connectivity index (χ4v) is 3.82. The van der Waals surface area contributed by atoms with Gasteiger partial charge >= 0.3 is 0 Å². The molecule has 3 nitrogen and oxygen atoms in total. The van der Waals surface area contributed by atoms with Crippen LogP contribution in [-0.2, 0) is 0 Å². The molecule has 2 heterocycles. The predicted molar refractivity (Wildman–Crippen MR) is 73.5 cm³/mol. The molecule has 1 aliphatic heterocycles. The molecule has 5 heteroatoms. The van der Waals surface area contributed by atoms with E-state index in [1.807, 2.05) is 24.9 Å². The summed E-state index contributed by atoms with van der Waals surface area (Å²) in [4.78, 5) is 8.04. The van der Waals surface area contributed by atoms with Crippen LogP contribution in [0.1, 0.15) is 31.7 Å². The summed E-state index contributed by atoms with van der Waals surface area (Å²) < 4.78 is 0.332. The Morgan fingerprint density at radius 3 is 2.88 bits per heavy atom. The van der Waals surface area contributed by atoms with Gasteiger partial charge in [0.1, 0.15) is 0 Å². The third kappa shape index (κ3) is 2.70. The van der Waals surface area contributed by atoms with Crippen molar-refractivity contribution in [2.75, 3.05) is 23.7 Å². The third-order valence-electron chi connectivity index (χ3n) is 2.66. The normalized spacial score (nSPS) is 22.1. The van der Waals surface area contributed by atoms with Crippen molar-refractivity contribution in [1.82, 2.24) is 4.98 Å². The molecule has 0 amide bonds. The van der Waals surface area contributed by atoms with Crippen LogP contribution in [0, 0.1) is 0 Å². The molecule has 1 saturated heterocycles. The molecule has 0 saturated carbocycles. The van der Waals surface area contributed by atoms with Crippen LogP contribution < -0.4 is 10.6 Å². The lowest BCUT2D eigenvalue weighted by Gasteiger charge is -2.37. The molecule has 16 heavy (non-hydrogen) atoms. The summed E-state index contributed by atoms with van der Waals surface area (Å²) >= 11 is 3.77. The Hall–Kier alpha value is -0.260. The van der Waals surface area contributed by atoms with E-state index in [-0.39, 0.29) is 6.04 Å². The number of thioether (sulfide) groups is 1. The molecule has 0 radical (unpaired) electrons. The molecule has 1 aromatic rings. The van der Waals surface area contributed by atoms with Gasteiger partial charge in [0.15, 0.2) is 5.13 Å². The summed E-state index contributed by atoms with van der Waals surface area (Å²) in [6.07, 6.45) is 1.92. The molecule has 1 aliphatic rings. The molecule has 2 rings (SSSR count). The van der Waals surface area contributed by atoms with E-state index in [0.717, 1.165) is 18.2 Å². The lowest BCUT2D eigenvalue weighted by molar-refractivity contribution is 0.646. The SMILES string of the molecule is CC(N)c1cnc(N2CCSC(C)(C)C2)s1. The Morgan fingerprint density at radius 1 is 1.56 bits per heavy atom. The fourth-order valence-electron chi connectivity index (χ4n) is 1.81. The van der Waals surface area contributed by atoms with E-state index >= 15 is 0 Å². The van der Waals surface area contributed by atoms with Gasteiger partial charge in [0, 0.05) is 40.7 Å². The Balaban J connectivity index is 2.11. The van der Waals surface area contributed by atoms with Gasteiger partial charge in [-0.3, -0.25) is 0 Å². The fraction of sp³-hybridized carbons (Fsp3) is 0.727. The van der Waals surface area contributed by atoms with Gasteiger partial charge in [0.2, 0.25) is 0 Å². The molecule has 1 aromatic heterocycles. The summed E-state index contributed by atoms with van der Waals surface area (Å²) in [5, 5.41) is 1.13. The van der Waals surface area contributed by atoms with Crippen molar-refractivity contribution < 1.29 is 0 Å². The van der Waals surface area contributed by atoms with Crippen LogP contribution in [-0.4, -0.2) is 28.6 Å². The molecule has 1 atom stereocenters. The summed E-state index contributed by atoms with van der Waals surface area (Å²) in [5.74, 6) is 1.18. The molecule has 1 fully saturated rings. The first kappa shape index (κ1) is 12.2. The molecule has 0 bridgehead atoms. The van der Waals surface area contributed by atoms with Crippen LogP contribution in [0.4, 0.5) is 5.13 Å². The van der Waals surface area contributed by atoms with Crippen molar-refractivity contribution in [3.63, 3.8) is 0 Å². The van der Waals surface area contributed by atoms with Crippen molar-refractivity contribution in [3.8, 4) is 0 Å². The lowest BCUT2D eigenvalue weighted by atomic mass is 10.2. The Bertz CT molecular complexity index is 360. The van der Waals surface area contributed by atoms with Crippen molar-refractivity contribution in [2.24, 2.45) is 5.73 Å². The number of nitrogens with two attached hydrogens (primary N) is 1. The molecular weight excluding hydrogens is 238 g/mol. The maximum atomic E-state index is 5.86. The van der Waals surface area contributed by atoms with Crippen LogP contribution >= 0.6 is 23.1 Å². The quantitative estimate of drug-likeness (QED) is 0.884. The first-order valence-electron chi connectivity index (χ1n) is 5.58. The van der Waals surface area contributed by atoms with E-state index in [1.54, 1.807) is 11.3 Å². The van der Waals surface area contributed by atoms with Gasteiger partial charge in [-0.1, -0.05) is 0 Å². The van der Waals surface area contributed by atoms with Crippen molar-refractivity contribution in [3.05, 3.63) is 11.1 Å². The maximum Gasteiger partial charge on any atom is 0.185 e. The van der Waals surface area contributed by atoms with Gasteiger partial charge in [0.05, 0.1) is 0 Å². The minimum absolute atomic E-state index is 0.0958. The number of aromatic nitrogens is 1. The molecule has 0 aliphatic carbocycles. The predicted octanol–water partition coefficient (Wildman–Crippen LogP) is 2.49. The van der Waals surface area contributed by atoms with Gasteiger partial charge in [0.25, 0.3) is 0 Å². The minimum Gasteiger partial charge on any atom is -0.346 e. The lowest BCUT2D eigenvalue weighted by Crippen LogP contribution is -2.43. The Kier molecular flexibility index (Phi) is 3.47. The molecule has 1 unspecified atom stereocenters. The second-order valence-corrected chi connectivity index (χ2v) is 7.71. The maximum absolute atomic E-state index is 5.86. The van der Waals surface area contributed by atoms with E-state index in [1.165, 1.54) is 10.6 Å². The third-order valence-corrected chi connectivity index (χ3v) is 5.21. The topological polar surface area (TPSA) is 42.1 Å². The van der Waals surface area contributed by atoms with Crippen molar-refractivity contribution in [1.29, 1.82) is 0 Å². The first-order chi connectivity index (χ1) is 7.48. The summed E-state index contributed by atoms with van der Waals surface area (Å²) in [7, 11) is 0. The van der Waals surface area contributed by atoms with Crippen LogP contribution in [0.2, 0.25) is 0 Å². The van der Waals surface area contributed by atoms with Gasteiger partial charge < -0.3 is 10.6 Å². The van der Waals surface area contributed by atoms with Crippen LogP contribution in [0.25, 0.3) is 0 Å². The zero-order valence-electron chi connectivity index (χ0n) is 10.1. The van der Waals surface area contributed by atoms with E-state index in [2.05, 4.69) is 23.7 Å². The average molecular weight is 257 g/mol. The highest BCUT2D eigenvalue weighted by molar-refractivity contribution is 8.00. The minimum atomic E-state index is 0.0958. The second kappa shape index (κ2) is 4.55. The van der Waals surface area contributed by atoms with E-state index in [0.29, 0.717) is 4.75 Å². The highest BCUT2D eigenvalue weighted by Gasteiger charge is 2.28. The number of thiazole rings is 1. The highest BCUT2D eigenvalue weighted by Crippen LogP contribution is 2.34. The molecular formula is C11H19N3S2. The summed E-state index contributed by atoms with van der Waals surface area (Å²) in [6, 6.07) is 0.0958. The van der Waals surface area contributed by atoms with E-state index < -0.39 is 0 Å². The number of hydrogen-bond acceptors (Lipinski definition) is 5. The Labute approximate surface area is 105 Å². The smallest absolute Gasteiger partial charge is 0.185 e. The Morgan fingerprint density at radius 2 is 2.31 bits per heavy atom. The first-order valence-corrected chi connectivity index (χ1v) is 7.38. The van der Waals surface area contributed by atoms with Crippen LogP contribution in [0.5, 0.6) is 0 Å². The number of hydrogen-bond donors (Lipinski definition) is 1. The highest BCUT2D eigenvalue weighted by atomic mass is 32.2.